The van der Waals surface area contributed by atoms with Gasteiger partial charge in [0, 0.05) is 26.1 Å². The van der Waals surface area contributed by atoms with Crippen LogP contribution in [-0.2, 0) is 32.6 Å². The number of hydrogen-bond donors (Lipinski definition) is 1. The van der Waals surface area contributed by atoms with E-state index in [-0.39, 0.29) is 37.2 Å². The molecule has 0 fully saturated rings. The van der Waals surface area contributed by atoms with E-state index in [0.717, 1.165) is 17.5 Å². The van der Waals surface area contributed by atoms with Crippen molar-refractivity contribution in [3.63, 3.8) is 0 Å². The number of amides is 2. The number of benzene rings is 2. The first kappa shape index (κ1) is 30.2. The van der Waals surface area contributed by atoms with E-state index in [1.165, 1.54) is 10.6 Å². The van der Waals surface area contributed by atoms with E-state index in [2.05, 4.69) is 5.32 Å². The number of carbonyl (C=O) groups is 2. The molecule has 0 saturated carbocycles. The summed E-state index contributed by atoms with van der Waals surface area (Å²) >= 11 is 0. The van der Waals surface area contributed by atoms with E-state index in [1.807, 2.05) is 57.2 Å². The smallest absolute Gasteiger partial charge is 0.242 e. The molecule has 2 amide bonds. The van der Waals surface area contributed by atoms with Gasteiger partial charge in [-0.15, -0.1) is 0 Å². The van der Waals surface area contributed by atoms with Crippen LogP contribution in [-0.4, -0.2) is 57.6 Å². The largest absolute Gasteiger partial charge is 0.497 e. The van der Waals surface area contributed by atoms with Crippen molar-refractivity contribution >= 4 is 27.5 Å². The van der Waals surface area contributed by atoms with E-state index in [4.69, 9.17) is 4.74 Å². The SMILES string of the molecule is CCc1ccc(N(CCCC(=O)N(Cc2cccc(OC)c2)C(C)C(=O)NCC(C)C)S(C)(=O)=O)cc1. The Kier molecular flexibility index (Phi) is 11.4. The Labute approximate surface area is 222 Å². The van der Waals surface area contributed by atoms with Gasteiger partial charge in [-0.2, -0.15) is 0 Å². The van der Waals surface area contributed by atoms with Crippen molar-refractivity contribution in [3.05, 3.63) is 59.7 Å². The molecule has 9 heteroatoms. The predicted molar refractivity (Wildman–Crippen MR) is 148 cm³/mol. The molecule has 0 heterocycles. The molecule has 2 aromatic rings. The number of methoxy groups -OCH3 is 1. The summed E-state index contributed by atoms with van der Waals surface area (Å²) in [7, 11) is -1.95. The number of anilines is 1. The van der Waals surface area contributed by atoms with Crippen LogP contribution in [0.4, 0.5) is 5.69 Å². The van der Waals surface area contributed by atoms with Crippen LogP contribution in [0.5, 0.6) is 5.75 Å². The Bertz CT molecular complexity index is 1130. The highest BCUT2D eigenvalue weighted by molar-refractivity contribution is 7.92. The van der Waals surface area contributed by atoms with Gasteiger partial charge < -0.3 is 15.0 Å². The van der Waals surface area contributed by atoms with Gasteiger partial charge in [0.25, 0.3) is 0 Å². The monoisotopic (exact) mass is 531 g/mol. The van der Waals surface area contributed by atoms with Crippen LogP contribution in [0.25, 0.3) is 0 Å². The van der Waals surface area contributed by atoms with Crippen LogP contribution in [0.2, 0.25) is 0 Å². The third-order valence-electron chi connectivity index (χ3n) is 6.12. The minimum atomic E-state index is -3.53. The molecule has 8 nitrogen and oxygen atoms in total. The zero-order valence-electron chi connectivity index (χ0n) is 22.9. The fraction of sp³-hybridized carbons (Fsp3) is 0.500. The van der Waals surface area contributed by atoms with Crippen molar-refractivity contribution in [3.8, 4) is 5.75 Å². The molecule has 1 unspecified atom stereocenters. The van der Waals surface area contributed by atoms with E-state index >= 15 is 0 Å². The summed E-state index contributed by atoms with van der Waals surface area (Å²) in [6.45, 7) is 8.69. The number of aryl methyl sites for hydroxylation is 1. The van der Waals surface area contributed by atoms with Crippen molar-refractivity contribution in [2.75, 3.05) is 30.8 Å². The van der Waals surface area contributed by atoms with Gasteiger partial charge in [-0.3, -0.25) is 13.9 Å². The summed E-state index contributed by atoms with van der Waals surface area (Å²) in [6.07, 6.45) is 2.44. The van der Waals surface area contributed by atoms with Gasteiger partial charge in [0.15, 0.2) is 0 Å². The minimum Gasteiger partial charge on any atom is -0.497 e. The molecule has 0 radical (unpaired) electrons. The zero-order chi connectivity index (χ0) is 27.6. The first-order valence-electron chi connectivity index (χ1n) is 12.7. The average molecular weight is 532 g/mol. The second-order valence-electron chi connectivity index (χ2n) is 9.65. The molecular formula is C28H41N3O5S. The predicted octanol–water partition coefficient (Wildman–Crippen LogP) is 3.99. The minimum absolute atomic E-state index is 0.102. The molecular weight excluding hydrogens is 490 g/mol. The van der Waals surface area contributed by atoms with E-state index < -0.39 is 16.1 Å². The van der Waals surface area contributed by atoms with Gasteiger partial charge in [-0.1, -0.05) is 45.0 Å². The Balaban J connectivity index is 2.17. The summed E-state index contributed by atoms with van der Waals surface area (Å²) in [5, 5.41) is 2.91. The van der Waals surface area contributed by atoms with E-state index in [0.29, 0.717) is 24.4 Å². The van der Waals surface area contributed by atoms with Crippen LogP contribution in [0.15, 0.2) is 48.5 Å². The molecule has 0 aliphatic heterocycles. The maximum absolute atomic E-state index is 13.4. The Morgan fingerprint density at radius 1 is 1.03 bits per heavy atom. The molecule has 0 aliphatic rings. The number of carbonyl (C=O) groups excluding carboxylic acids is 2. The molecule has 0 saturated heterocycles. The van der Waals surface area contributed by atoms with E-state index in [1.54, 1.807) is 31.1 Å². The Morgan fingerprint density at radius 2 is 1.70 bits per heavy atom. The van der Waals surface area contributed by atoms with Crippen LogP contribution in [0, 0.1) is 5.92 Å². The second kappa shape index (κ2) is 14.0. The standard InChI is InChI=1S/C28H41N3O5S/c1-7-23-13-15-25(16-14-23)31(37(6,34)35)17-9-12-27(32)30(22(4)28(33)29-19-21(2)3)20-24-10-8-11-26(18-24)36-5/h8,10-11,13-16,18,21-22H,7,9,12,17,19-20H2,1-6H3,(H,29,33). The highest BCUT2D eigenvalue weighted by atomic mass is 32.2. The normalized spacial score (nSPS) is 12.2. The summed E-state index contributed by atoms with van der Waals surface area (Å²) in [5.74, 6) is 0.510. The van der Waals surface area contributed by atoms with Crippen molar-refractivity contribution in [1.29, 1.82) is 0 Å². The first-order valence-corrected chi connectivity index (χ1v) is 14.6. The number of ether oxygens (including phenoxy) is 1. The third kappa shape index (κ3) is 9.39. The van der Waals surface area contributed by atoms with Gasteiger partial charge in [0.1, 0.15) is 11.8 Å². The van der Waals surface area contributed by atoms with Gasteiger partial charge >= 0.3 is 0 Å². The topological polar surface area (TPSA) is 96.0 Å². The molecule has 0 bridgehead atoms. The molecule has 0 aliphatic carbocycles. The Morgan fingerprint density at radius 3 is 2.27 bits per heavy atom. The Hall–Kier alpha value is -3.07. The number of hydrogen-bond acceptors (Lipinski definition) is 5. The highest BCUT2D eigenvalue weighted by Crippen LogP contribution is 2.21. The zero-order valence-corrected chi connectivity index (χ0v) is 23.7. The number of nitrogens with one attached hydrogen (secondary N) is 1. The molecule has 1 N–H and O–H groups in total. The third-order valence-corrected chi connectivity index (χ3v) is 7.32. The van der Waals surface area contributed by atoms with E-state index in [9.17, 15) is 18.0 Å². The molecule has 37 heavy (non-hydrogen) atoms. The number of rotatable bonds is 14. The highest BCUT2D eigenvalue weighted by Gasteiger charge is 2.27. The van der Waals surface area contributed by atoms with Crippen molar-refractivity contribution in [1.82, 2.24) is 10.2 Å². The second-order valence-corrected chi connectivity index (χ2v) is 11.6. The quantitative estimate of drug-likeness (QED) is 0.398. The molecule has 204 valence electrons. The molecule has 2 rings (SSSR count). The van der Waals surface area contributed by atoms with Crippen LogP contribution in [0.3, 0.4) is 0 Å². The summed E-state index contributed by atoms with van der Waals surface area (Å²) < 4.78 is 31.6. The summed E-state index contributed by atoms with van der Waals surface area (Å²) in [5.41, 5.74) is 2.53. The van der Waals surface area contributed by atoms with Gasteiger partial charge in [-0.25, -0.2) is 8.42 Å². The van der Waals surface area contributed by atoms with Gasteiger partial charge in [0.05, 0.1) is 19.1 Å². The summed E-state index contributed by atoms with van der Waals surface area (Å²) in [4.78, 5) is 27.8. The van der Waals surface area contributed by atoms with Gasteiger partial charge in [-0.05, 0) is 61.1 Å². The maximum atomic E-state index is 13.4. The molecule has 0 aromatic heterocycles. The van der Waals surface area contributed by atoms with Crippen LogP contribution >= 0.6 is 0 Å². The summed E-state index contributed by atoms with van der Waals surface area (Å²) in [6, 6.07) is 14.1. The lowest BCUT2D eigenvalue weighted by Crippen LogP contribution is -2.48. The van der Waals surface area contributed by atoms with Crippen molar-refractivity contribution in [2.24, 2.45) is 5.92 Å². The number of sulfonamides is 1. The lowest BCUT2D eigenvalue weighted by atomic mass is 10.1. The van der Waals surface area contributed by atoms with Gasteiger partial charge in [0.2, 0.25) is 21.8 Å². The first-order chi connectivity index (χ1) is 17.5. The lowest BCUT2D eigenvalue weighted by molar-refractivity contribution is -0.140. The molecule has 2 aromatic carbocycles. The molecule has 0 spiro atoms. The fourth-order valence-corrected chi connectivity index (χ4v) is 4.87. The lowest BCUT2D eigenvalue weighted by Gasteiger charge is -2.30. The fourth-order valence-electron chi connectivity index (χ4n) is 3.90. The number of nitrogens with zero attached hydrogens (tertiary/aromatic N) is 2. The van der Waals surface area contributed by atoms with Crippen molar-refractivity contribution < 1.29 is 22.7 Å². The van der Waals surface area contributed by atoms with Crippen LogP contribution < -0.4 is 14.4 Å². The molecule has 1 atom stereocenters. The van der Waals surface area contributed by atoms with Crippen molar-refractivity contribution in [2.45, 2.75) is 59.5 Å². The van der Waals surface area contributed by atoms with Crippen LogP contribution in [0.1, 0.15) is 51.7 Å². The maximum Gasteiger partial charge on any atom is 0.242 e. The average Bonchev–Trinajstić information content (AvgIpc) is 2.87.